The smallest absolute Gasteiger partial charge is 0.206 e. The first kappa shape index (κ1) is 13.4. The molecule has 4 N–H and O–H groups in total. The van der Waals surface area contributed by atoms with Crippen molar-refractivity contribution in [1.82, 2.24) is 15.7 Å². The van der Waals surface area contributed by atoms with Crippen LogP contribution in [-0.4, -0.2) is 31.2 Å². The van der Waals surface area contributed by atoms with Gasteiger partial charge in [-0.05, 0) is 19.1 Å². The predicted molar refractivity (Wildman–Crippen MR) is 67.3 cm³/mol. The Morgan fingerprint density at radius 2 is 2.35 bits per heavy atom. The zero-order chi connectivity index (χ0) is 12.5. The minimum Gasteiger partial charge on any atom is -0.383 e. The molecule has 17 heavy (non-hydrogen) atoms. The summed E-state index contributed by atoms with van der Waals surface area (Å²) >= 11 is 0. The van der Waals surface area contributed by atoms with Gasteiger partial charge in [-0.2, -0.15) is 0 Å². The molecule has 0 saturated carbocycles. The van der Waals surface area contributed by atoms with E-state index >= 15 is 0 Å². The summed E-state index contributed by atoms with van der Waals surface area (Å²) in [6.45, 7) is 3.69. The third kappa shape index (κ3) is 5.28. The molecule has 0 unspecified atom stereocenters. The fourth-order valence-corrected chi connectivity index (χ4v) is 1.27. The maximum absolute atomic E-state index is 5.34. The number of ether oxygens (including phenoxy) is 1. The van der Waals surface area contributed by atoms with Crippen LogP contribution in [0.25, 0.3) is 0 Å². The van der Waals surface area contributed by atoms with Gasteiger partial charge in [-0.15, -0.1) is 0 Å². The van der Waals surface area contributed by atoms with Crippen LogP contribution in [0.1, 0.15) is 11.4 Å². The van der Waals surface area contributed by atoms with Gasteiger partial charge in [-0.1, -0.05) is 6.07 Å². The summed E-state index contributed by atoms with van der Waals surface area (Å²) in [5, 5.41) is 3.02. The van der Waals surface area contributed by atoms with E-state index in [4.69, 9.17) is 10.6 Å². The van der Waals surface area contributed by atoms with Crippen LogP contribution in [0.15, 0.2) is 23.2 Å². The van der Waals surface area contributed by atoms with Crippen molar-refractivity contribution in [1.29, 1.82) is 0 Å². The summed E-state index contributed by atoms with van der Waals surface area (Å²) in [5.74, 6) is 5.88. The average Bonchev–Trinajstić information content (AvgIpc) is 2.34. The molecule has 6 heteroatoms. The van der Waals surface area contributed by atoms with Gasteiger partial charge in [0.15, 0.2) is 0 Å². The first-order chi connectivity index (χ1) is 8.26. The van der Waals surface area contributed by atoms with Crippen LogP contribution in [0.3, 0.4) is 0 Å². The molecule has 0 radical (unpaired) electrons. The number of nitrogens with one attached hydrogen (secondary N) is 2. The molecular weight excluding hydrogens is 218 g/mol. The number of hydrogen-bond donors (Lipinski definition) is 3. The average molecular weight is 237 g/mol. The number of hydrogen-bond acceptors (Lipinski definition) is 4. The molecule has 1 heterocycles. The normalized spacial score (nSPS) is 11.4. The number of rotatable bonds is 5. The Hall–Kier alpha value is -1.66. The topological polar surface area (TPSA) is 84.6 Å². The Morgan fingerprint density at radius 1 is 1.53 bits per heavy atom. The van der Waals surface area contributed by atoms with Crippen molar-refractivity contribution >= 4 is 5.96 Å². The van der Waals surface area contributed by atoms with Crippen LogP contribution in [-0.2, 0) is 11.3 Å². The highest BCUT2D eigenvalue weighted by molar-refractivity contribution is 5.79. The largest absolute Gasteiger partial charge is 0.383 e. The van der Waals surface area contributed by atoms with Crippen LogP contribution in [0.2, 0.25) is 0 Å². The van der Waals surface area contributed by atoms with E-state index in [-0.39, 0.29) is 0 Å². The van der Waals surface area contributed by atoms with E-state index in [1.807, 2.05) is 25.1 Å². The van der Waals surface area contributed by atoms with Crippen molar-refractivity contribution < 1.29 is 4.74 Å². The Labute approximate surface area is 101 Å². The van der Waals surface area contributed by atoms with Crippen LogP contribution >= 0.6 is 0 Å². The number of guanidine groups is 1. The molecule has 0 aliphatic carbocycles. The molecule has 1 aromatic rings. The predicted octanol–water partition coefficient (Wildman–Crippen LogP) is -0.0547. The molecule has 1 aromatic heterocycles. The van der Waals surface area contributed by atoms with E-state index in [0.29, 0.717) is 25.7 Å². The molecule has 1 rings (SSSR count). The van der Waals surface area contributed by atoms with Crippen molar-refractivity contribution in [3.05, 3.63) is 29.6 Å². The van der Waals surface area contributed by atoms with E-state index in [0.717, 1.165) is 11.4 Å². The van der Waals surface area contributed by atoms with E-state index in [2.05, 4.69) is 20.7 Å². The second kappa shape index (κ2) is 7.59. The Morgan fingerprint density at radius 3 is 3.00 bits per heavy atom. The summed E-state index contributed by atoms with van der Waals surface area (Å²) in [7, 11) is 1.64. The lowest BCUT2D eigenvalue weighted by atomic mass is 10.3. The van der Waals surface area contributed by atoms with E-state index in [1.54, 1.807) is 7.11 Å². The molecular formula is C11H19N5O. The summed E-state index contributed by atoms with van der Waals surface area (Å²) in [5.41, 5.74) is 4.39. The van der Waals surface area contributed by atoms with E-state index in [9.17, 15) is 0 Å². The zero-order valence-corrected chi connectivity index (χ0v) is 10.2. The minimum absolute atomic E-state index is 0.487. The number of nitrogens with two attached hydrogens (primary N) is 1. The third-order valence-corrected chi connectivity index (χ3v) is 2.08. The van der Waals surface area contributed by atoms with Gasteiger partial charge in [0.1, 0.15) is 0 Å². The molecule has 0 spiro atoms. The van der Waals surface area contributed by atoms with E-state index in [1.165, 1.54) is 0 Å². The number of methoxy groups -OCH3 is 1. The van der Waals surface area contributed by atoms with Gasteiger partial charge in [0.25, 0.3) is 0 Å². The number of aliphatic imine (C=N–C) groups is 1. The van der Waals surface area contributed by atoms with Crippen molar-refractivity contribution in [2.24, 2.45) is 10.8 Å². The molecule has 0 atom stereocenters. The van der Waals surface area contributed by atoms with Gasteiger partial charge in [0.05, 0.1) is 18.8 Å². The van der Waals surface area contributed by atoms with Gasteiger partial charge in [-0.3, -0.25) is 10.4 Å². The molecule has 0 amide bonds. The number of aryl methyl sites for hydroxylation is 1. The molecule has 0 bridgehead atoms. The first-order valence-corrected chi connectivity index (χ1v) is 5.42. The van der Waals surface area contributed by atoms with E-state index < -0.39 is 0 Å². The Kier molecular flexibility index (Phi) is 5.98. The van der Waals surface area contributed by atoms with Crippen molar-refractivity contribution in [2.45, 2.75) is 13.5 Å². The monoisotopic (exact) mass is 237 g/mol. The van der Waals surface area contributed by atoms with Crippen LogP contribution < -0.4 is 16.6 Å². The van der Waals surface area contributed by atoms with Crippen LogP contribution in [0.4, 0.5) is 0 Å². The lowest BCUT2D eigenvalue weighted by molar-refractivity contribution is 0.203. The van der Waals surface area contributed by atoms with Crippen molar-refractivity contribution in [3.63, 3.8) is 0 Å². The Bertz CT molecular complexity index is 367. The summed E-state index contributed by atoms with van der Waals surface area (Å²) in [4.78, 5) is 8.62. The summed E-state index contributed by atoms with van der Waals surface area (Å²) < 4.78 is 4.92. The fourth-order valence-electron chi connectivity index (χ4n) is 1.27. The number of aromatic nitrogens is 1. The number of hydrazine groups is 1. The maximum Gasteiger partial charge on any atom is 0.206 e. The minimum atomic E-state index is 0.487. The fraction of sp³-hybridized carbons (Fsp3) is 0.455. The van der Waals surface area contributed by atoms with Gasteiger partial charge in [-0.25, -0.2) is 10.8 Å². The lowest BCUT2D eigenvalue weighted by Gasteiger charge is -2.08. The highest BCUT2D eigenvalue weighted by Crippen LogP contribution is 1.99. The number of pyridine rings is 1. The summed E-state index contributed by atoms with van der Waals surface area (Å²) in [6, 6.07) is 5.84. The van der Waals surface area contributed by atoms with Gasteiger partial charge >= 0.3 is 0 Å². The van der Waals surface area contributed by atoms with Gasteiger partial charge < -0.3 is 10.1 Å². The van der Waals surface area contributed by atoms with Gasteiger partial charge in [0, 0.05) is 19.3 Å². The Balaban J connectivity index is 2.49. The molecule has 0 fully saturated rings. The molecule has 94 valence electrons. The maximum atomic E-state index is 5.34. The highest BCUT2D eigenvalue weighted by Gasteiger charge is 1.97. The second-order valence-corrected chi connectivity index (χ2v) is 3.50. The zero-order valence-electron chi connectivity index (χ0n) is 10.2. The molecule has 0 aliphatic heterocycles. The quantitative estimate of drug-likeness (QED) is 0.220. The highest BCUT2D eigenvalue weighted by atomic mass is 16.5. The summed E-state index contributed by atoms with van der Waals surface area (Å²) in [6.07, 6.45) is 0. The lowest BCUT2D eigenvalue weighted by Crippen LogP contribution is -2.42. The van der Waals surface area contributed by atoms with Crippen molar-refractivity contribution in [2.75, 3.05) is 20.3 Å². The molecule has 0 aliphatic rings. The van der Waals surface area contributed by atoms with Crippen LogP contribution in [0, 0.1) is 6.92 Å². The van der Waals surface area contributed by atoms with Gasteiger partial charge in [0.2, 0.25) is 5.96 Å². The molecule has 0 aromatic carbocycles. The van der Waals surface area contributed by atoms with Crippen molar-refractivity contribution in [3.8, 4) is 0 Å². The standard InChI is InChI=1S/C11H19N5O/c1-9-4-3-5-10(15-9)8-14-11(16-12)13-6-7-17-2/h3-5H,6-8,12H2,1-2H3,(H2,13,14,16). The molecule has 0 saturated heterocycles. The first-order valence-electron chi connectivity index (χ1n) is 5.42. The second-order valence-electron chi connectivity index (χ2n) is 3.50. The third-order valence-electron chi connectivity index (χ3n) is 2.08. The van der Waals surface area contributed by atoms with Crippen LogP contribution in [0.5, 0.6) is 0 Å². The number of nitrogens with zero attached hydrogens (tertiary/aromatic N) is 2. The SMILES string of the molecule is COCCNC(=NCc1cccc(C)n1)NN. The molecule has 6 nitrogen and oxygen atoms in total.